The average molecular weight is 240 g/mol. The average Bonchev–Trinajstić information content (AvgIpc) is 2.35. The highest BCUT2D eigenvalue weighted by molar-refractivity contribution is 5.88. The van der Waals surface area contributed by atoms with Crippen LogP contribution in [-0.4, -0.2) is 25.3 Å². The Bertz CT molecular complexity index is 442. The number of ether oxygens (including phenoxy) is 2. The zero-order valence-corrected chi connectivity index (χ0v) is 9.57. The van der Waals surface area contributed by atoms with Gasteiger partial charge in [-0.25, -0.2) is 9.18 Å². The third-order valence-electron chi connectivity index (χ3n) is 2.27. The zero-order valence-electron chi connectivity index (χ0n) is 9.57. The summed E-state index contributed by atoms with van der Waals surface area (Å²) >= 11 is 0. The minimum atomic E-state index is -1.30. The highest BCUT2D eigenvalue weighted by Crippen LogP contribution is 2.25. The van der Waals surface area contributed by atoms with E-state index in [1.807, 2.05) is 0 Å². The van der Waals surface area contributed by atoms with Gasteiger partial charge in [-0.15, -0.1) is 0 Å². The van der Waals surface area contributed by atoms with Crippen LogP contribution in [0.15, 0.2) is 30.4 Å². The molecule has 0 aliphatic rings. The molecule has 0 bridgehead atoms. The quantitative estimate of drug-likeness (QED) is 0.641. The van der Waals surface area contributed by atoms with Crippen molar-refractivity contribution in [2.75, 3.05) is 14.2 Å². The summed E-state index contributed by atoms with van der Waals surface area (Å²) in [5.74, 6) is -1.31. The zero-order chi connectivity index (χ0) is 13.0. The molecule has 1 aromatic carbocycles. The first-order valence-corrected chi connectivity index (χ1v) is 4.79. The van der Waals surface area contributed by atoms with E-state index in [1.54, 1.807) is 0 Å². The van der Waals surface area contributed by atoms with Gasteiger partial charge in [0.1, 0.15) is 6.10 Å². The monoisotopic (exact) mass is 240 g/mol. The van der Waals surface area contributed by atoms with Gasteiger partial charge >= 0.3 is 5.97 Å². The van der Waals surface area contributed by atoms with E-state index in [9.17, 15) is 14.3 Å². The fourth-order valence-electron chi connectivity index (χ4n) is 1.30. The molecule has 1 rings (SSSR count). The molecule has 1 unspecified atom stereocenters. The molecule has 92 valence electrons. The highest BCUT2D eigenvalue weighted by atomic mass is 19.1. The maximum Gasteiger partial charge on any atom is 0.336 e. The lowest BCUT2D eigenvalue weighted by Crippen LogP contribution is -2.12. The van der Waals surface area contributed by atoms with E-state index in [2.05, 4.69) is 11.3 Å². The summed E-state index contributed by atoms with van der Waals surface area (Å²) in [6, 6.07) is 3.89. The van der Waals surface area contributed by atoms with Gasteiger partial charge in [0.15, 0.2) is 11.6 Å². The Morgan fingerprint density at radius 3 is 2.59 bits per heavy atom. The second-order valence-electron chi connectivity index (χ2n) is 3.31. The van der Waals surface area contributed by atoms with E-state index in [1.165, 1.54) is 26.4 Å². The fraction of sp³-hybridized carbons (Fsp3) is 0.250. The second kappa shape index (κ2) is 5.45. The van der Waals surface area contributed by atoms with Gasteiger partial charge in [-0.2, -0.15) is 0 Å². The summed E-state index contributed by atoms with van der Waals surface area (Å²) in [5.41, 5.74) is 0.0516. The molecule has 4 nitrogen and oxygen atoms in total. The van der Waals surface area contributed by atoms with Gasteiger partial charge in [-0.05, 0) is 17.7 Å². The van der Waals surface area contributed by atoms with Crippen molar-refractivity contribution < 1.29 is 23.8 Å². The number of methoxy groups -OCH3 is 2. The highest BCUT2D eigenvalue weighted by Gasteiger charge is 2.20. The molecule has 0 aromatic heterocycles. The van der Waals surface area contributed by atoms with Gasteiger partial charge in [0.05, 0.1) is 19.8 Å². The Morgan fingerprint density at radius 1 is 1.47 bits per heavy atom. The normalized spacial score (nSPS) is 11.8. The fourth-order valence-corrected chi connectivity index (χ4v) is 1.30. The van der Waals surface area contributed by atoms with Crippen LogP contribution in [0.5, 0.6) is 5.75 Å². The van der Waals surface area contributed by atoms with Gasteiger partial charge in [-0.3, -0.25) is 0 Å². The van der Waals surface area contributed by atoms with Crippen LogP contribution in [-0.2, 0) is 9.53 Å². The number of esters is 1. The molecule has 0 heterocycles. The minimum absolute atomic E-state index is 0.0598. The minimum Gasteiger partial charge on any atom is -0.494 e. The molecule has 5 heteroatoms. The second-order valence-corrected chi connectivity index (χ2v) is 3.31. The third-order valence-corrected chi connectivity index (χ3v) is 2.27. The molecular formula is C12H13FO4. The van der Waals surface area contributed by atoms with Gasteiger partial charge in [0, 0.05) is 0 Å². The van der Waals surface area contributed by atoms with Crippen LogP contribution in [0.4, 0.5) is 4.39 Å². The van der Waals surface area contributed by atoms with Crippen molar-refractivity contribution in [2.45, 2.75) is 6.10 Å². The smallest absolute Gasteiger partial charge is 0.336 e. The predicted octanol–water partition coefficient (Wildman–Crippen LogP) is 1.60. The number of carbonyl (C=O) groups is 1. The first-order chi connectivity index (χ1) is 8.01. The van der Waals surface area contributed by atoms with Crippen LogP contribution in [0.3, 0.4) is 0 Å². The molecule has 0 saturated carbocycles. The Morgan fingerprint density at radius 2 is 2.12 bits per heavy atom. The number of hydrogen-bond acceptors (Lipinski definition) is 4. The number of benzene rings is 1. The number of halogens is 1. The molecule has 0 saturated heterocycles. The van der Waals surface area contributed by atoms with E-state index in [4.69, 9.17) is 4.74 Å². The van der Waals surface area contributed by atoms with Gasteiger partial charge in [-0.1, -0.05) is 12.6 Å². The van der Waals surface area contributed by atoms with Crippen molar-refractivity contribution in [3.63, 3.8) is 0 Å². The van der Waals surface area contributed by atoms with Gasteiger partial charge < -0.3 is 14.6 Å². The van der Waals surface area contributed by atoms with Crippen molar-refractivity contribution in [1.29, 1.82) is 0 Å². The van der Waals surface area contributed by atoms with Crippen molar-refractivity contribution in [3.05, 3.63) is 41.7 Å². The van der Waals surface area contributed by atoms with Gasteiger partial charge in [0.25, 0.3) is 0 Å². The number of carbonyl (C=O) groups excluding carboxylic acids is 1. The SMILES string of the molecule is C=C(C(=O)OC)C(O)c1ccc(OC)c(F)c1. The lowest BCUT2D eigenvalue weighted by Gasteiger charge is -2.13. The van der Waals surface area contributed by atoms with Crippen LogP contribution >= 0.6 is 0 Å². The van der Waals surface area contributed by atoms with Crippen LogP contribution in [0.1, 0.15) is 11.7 Å². The Labute approximate surface area is 98.3 Å². The Balaban J connectivity index is 2.97. The van der Waals surface area contributed by atoms with Crippen molar-refractivity contribution in [3.8, 4) is 5.75 Å². The molecule has 1 aromatic rings. The standard InChI is InChI=1S/C12H13FO4/c1-7(12(15)17-3)11(14)8-4-5-10(16-2)9(13)6-8/h4-6,11,14H,1H2,2-3H3. The van der Waals surface area contributed by atoms with Crippen LogP contribution in [0, 0.1) is 5.82 Å². The van der Waals surface area contributed by atoms with Crippen LogP contribution < -0.4 is 4.74 Å². The topological polar surface area (TPSA) is 55.8 Å². The van der Waals surface area contributed by atoms with Crippen molar-refractivity contribution in [2.24, 2.45) is 0 Å². The summed E-state index contributed by atoms with van der Waals surface area (Å²) in [5, 5.41) is 9.77. The summed E-state index contributed by atoms with van der Waals surface area (Å²) in [6.45, 7) is 3.40. The van der Waals surface area contributed by atoms with E-state index in [0.717, 1.165) is 6.07 Å². The summed E-state index contributed by atoms with van der Waals surface area (Å²) in [7, 11) is 2.51. The molecule has 0 radical (unpaired) electrons. The lowest BCUT2D eigenvalue weighted by molar-refractivity contribution is -0.137. The molecule has 1 atom stereocenters. The molecular weight excluding hydrogens is 227 g/mol. The van der Waals surface area contributed by atoms with Crippen molar-refractivity contribution >= 4 is 5.97 Å². The number of aliphatic hydroxyl groups excluding tert-OH is 1. The maximum absolute atomic E-state index is 13.4. The number of aliphatic hydroxyl groups is 1. The summed E-state index contributed by atoms with van der Waals surface area (Å²) in [4.78, 5) is 11.1. The Hall–Kier alpha value is -1.88. The summed E-state index contributed by atoms with van der Waals surface area (Å²) in [6.07, 6.45) is -1.30. The molecule has 0 spiro atoms. The number of hydrogen-bond donors (Lipinski definition) is 1. The van der Waals surface area contributed by atoms with Gasteiger partial charge in [0.2, 0.25) is 0 Å². The van der Waals surface area contributed by atoms with E-state index < -0.39 is 17.9 Å². The summed E-state index contributed by atoms with van der Waals surface area (Å²) < 4.78 is 22.5. The van der Waals surface area contributed by atoms with E-state index in [0.29, 0.717) is 0 Å². The molecule has 0 amide bonds. The van der Waals surface area contributed by atoms with Crippen molar-refractivity contribution in [1.82, 2.24) is 0 Å². The van der Waals surface area contributed by atoms with Crippen LogP contribution in [0.25, 0.3) is 0 Å². The predicted molar refractivity (Wildman–Crippen MR) is 59.1 cm³/mol. The van der Waals surface area contributed by atoms with Crippen LogP contribution in [0.2, 0.25) is 0 Å². The third kappa shape index (κ3) is 2.82. The molecule has 0 aliphatic heterocycles. The first-order valence-electron chi connectivity index (χ1n) is 4.79. The van der Waals surface area contributed by atoms with E-state index in [-0.39, 0.29) is 16.9 Å². The molecule has 0 aliphatic carbocycles. The largest absolute Gasteiger partial charge is 0.494 e. The van der Waals surface area contributed by atoms with E-state index >= 15 is 0 Å². The Kier molecular flexibility index (Phi) is 4.23. The first kappa shape index (κ1) is 13.2. The molecule has 17 heavy (non-hydrogen) atoms. The maximum atomic E-state index is 13.4. The molecule has 0 fully saturated rings. The lowest BCUT2D eigenvalue weighted by atomic mass is 10.0. The number of rotatable bonds is 4. The molecule has 1 N–H and O–H groups in total.